The van der Waals surface area contributed by atoms with E-state index in [4.69, 9.17) is 17.3 Å². The molecule has 3 N–H and O–H groups in total. The van der Waals surface area contributed by atoms with Gasteiger partial charge in [0.2, 0.25) is 5.91 Å². The number of nitrogens with zero attached hydrogens (tertiary/aromatic N) is 1. The average Bonchev–Trinajstić information content (AvgIpc) is 2.48. The van der Waals surface area contributed by atoms with E-state index in [0.717, 1.165) is 6.42 Å². The van der Waals surface area contributed by atoms with Crippen LogP contribution < -0.4 is 11.1 Å². The van der Waals surface area contributed by atoms with Gasteiger partial charge in [0.05, 0.1) is 11.1 Å². The standard InChI is InChI=1S/C15H16ClN3O/c16-12-7-9-14(18-10-12)19-15(20)13(17)8-6-11-4-2-1-3-5-11/h1-5,7,9-10,13H,6,8,17H2,(H,18,19,20). The van der Waals surface area contributed by atoms with Gasteiger partial charge < -0.3 is 11.1 Å². The van der Waals surface area contributed by atoms with Gasteiger partial charge in [0, 0.05) is 6.20 Å². The Labute approximate surface area is 123 Å². The van der Waals surface area contributed by atoms with Crippen LogP contribution in [0.2, 0.25) is 5.02 Å². The first-order valence-corrected chi connectivity index (χ1v) is 6.75. The molecular formula is C15H16ClN3O. The Morgan fingerprint density at radius 3 is 2.65 bits per heavy atom. The van der Waals surface area contributed by atoms with Crippen LogP contribution in [0.3, 0.4) is 0 Å². The SMILES string of the molecule is NC(CCc1ccccc1)C(=O)Nc1ccc(Cl)cn1. The Balaban J connectivity index is 1.84. The molecule has 0 aliphatic rings. The van der Waals surface area contributed by atoms with Crippen molar-refractivity contribution in [1.82, 2.24) is 4.98 Å². The Morgan fingerprint density at radius 2 is 2.00 bits per heavy atom. The number of anilines is 1. The number of carbonyl (C=O) groups excluding carboxylic acids is 1. The first-order chi connectivity index (χ1) is 9.65. The lowest BCUT2D eigenvalue weighted by Crippen LogP contribution is -2.36. The lowest BCUT2D eigenvalue weighted by Gasteiger charge is -2.11. The summed E-state index contributed by atoms with van der Waals surface area (Å²) >= 11 is 5.73. The zero-order valence-corrected chi connectivity index (χ0v) is 11.7. The summed E-state index contributed by atoms with van der Waals surface area (Å²) in [4.78, 5) is 15.9. The summed E-state index contributed by atoms with van der Waals surface area (Å²) in [5, 5.41) is 3.20. The number of hydrogen-bond donors (Lipinski definition) is 2. The molecule has 0 aliphatic carbocycles. The maximum absolute atomic E-state index is 11.9. The summed E-state index contributed by atoms with van der Waals surface area (Å²) in [5.41, 5.74) is 7.04. The molecular weight excluding hydrogens is 274 g/mol. The number of halogens is 1. The van der Waals surface area contributed by atoms with E-state index < -0.39 is 6.04 Å². The molecule has 0 saturated carbocycles. The molecule has 1 aromatic carbocycles. The van der Waals surface area contributed by atoms with E-state index in [1.165, 1.54) is 11.8 Å². The lowest BCUT2D eigenvalue weighted by atomic mass is 10.1. The molecule has 1 heterocycles. The molecule has 1 atom stereocenters. The van der Waals surface area contributed by atoms with Crippen LogP contribution in [0.15, 0.2) is 48.7 Å². The number of carbonyl (C=O) groups is 1. The van der Waals surface area contributed by atoms with Gasteiger partial charge in [-0.15, -0.1) is 0 Å². The molecule has 20 heavy (non-hydrogen) atoms. The molecule has 1 unspecified atom stereocenters. The number of nitrogens with two attached hydrogens (primary N) is 1. The molecule has 2 aromatic rings. The van der Waals surface area contributed by atoms with Crippen LogP contribution in [0.5, 0.6) is 0 Å². The predicted molar refractivity (Wildman–Crippen MR) is 80.6 cm³/mol. The van der Waals surface area contributed by atoms with Crippen molar-refractivity contribution < 1.29 is 4.79 Å². The highest BCUT2D eigenvalue weighted by molar-refractivity contribution is 6.30. The van der Waals surface area contributed by atoms with E-state index in [1.54, 1.807) is 12.1 Å². The van der Waals surface area contributed by atoms with E-state index in [2.05, 4.69) is 10.3 Å². The lowest BCUT2D eigenvalue weighted by molar-refractivity contribution is -0.117. The molecule has 0 aliphatic heterocycles. The second-order valence-electron chi connectivity index (χ2n) is 4.48. The summed E-state index contributed by atoms with van der Waals surface area (Å²) < 4.78 is 0. The number of aryl methyl sites for hydroxylation is 1. The third-order valence-corrected chi connectivity index (χ3v) is 3.13. The fraction of sp³-hybridized carbons (Fsp3) is 0.200. The average molecular weight is 290 g/mol. The van der Waals surface area contributed by atoms with Crippen molar-refractivity contribution >= 4 is 23.3 Å². The van der Waals surface area contributed by atoms with Crippen molar-refractivity contribution in [1.29, 1.82) is 0 Å². The number of benzene rings is 1. The van der Waals surface area contributed by atoms with Crippen molar-refractivity contribution in [2.24, 2.45) is 5.73 Å². The Bertz CT molecular complexity index is 557. The van der Waals surface area contributed by atoms with Crippen molar-refractivity contribution in [3.05, 3.63) is 59.2 Å². The minimum absolute atomic E-state index is 0.240. The zero-order valence-electron chi connectivity index (χ0n) is 10.9. The van der Waals surface area contributed by atoms with Crippen LogP contribution in [-0.4, -0.2) is 16.9 Å². The van der Waals surface area contributed by atoms with Crippen LogP contribution in [0, 0.1) is 0 Å². The zero-order chi connectivity index (χ0) is 14.4. The van der Waals surface area contributed by atoms with Gasteiger partial charge in [-0.1, -0.05) is 41.9 Å². The molecule has 0 radical (unpaired) electrons. The van der Waals surface area contributed by atoms with E-state index in [1.807, 2.05) is 30.3 Å². The van der Waals surface area contributed by atoms with E-state index >= 15 is 0 Å². The van der Waals surface area contributed by atoms with Gasteiger partial charge in [-0.2, -0.15) is 0 Å². The normalized spacial score (nSPS) is 11.9. The summed E-state index contributed by atoms with van der Waals surface area (Å²) in [5.74, 6) is 0.213. The van der Waals surface area contributed by atoms with Gasteiger partial charge in [0.1, 0.15) is 5.82 Å². The van der Waals surface area contributed by atoms with Gasteiger partial charge in [0.15, 0.2) is 0 Å². The van der Waals surface area contributed by atoms with E-state index in [9.17, 15) is 4.79 Å². The van der Waals surface area contributed by atoms with Crippen LogP contribution in [-0.2, 0) is 11.2 Å². The number of amides is 1. The number of pyridine rings is 1. The first-order valence-electron chi connectivity index (χ1n) is 6.37. The maximum atomic E-state index is 11.9. The van der Waals surface area contributed by atoms with Gasteiger partial charge in [0.25, 0.3) is 0 Å². The molecule has 0 spiro atoms. The first kappa shape index (κ1) is 14.5. The third-order valence-electron chi connectivity index (χ3n) is 2.90. The summed E-state index contributed by atoms with van der Waals surface area (Å²) in [6, 6.07) is 12.7. The highest BCUT2D eigenvalue weighted by Crippen LogP contribution is 2.10. The quantitative estimate of drug-likeness (QED) is 0.889. The van der Waals surface area contributed by atoms with Crippen LogP contribution in [0.1, 0.15) is 12.0 Å². The Kier molecular flexibility index (Phi) is 5.09. The molecule has 104 valence electrons. The Hall–Kier alpha value is -1.91. The third kappa shape index (κ3) is 4.33. The molecule has 0 bridgehead atoms. The maximum Gasteiger partial charge on any atom is 0.242 e. The summed E-state index contributed by atoms with van der Waals surface area (Å²) in [6.07, 6.45) is 2.83. The van der Waals surface area contributed by atoms with Crippen LogP contribution >= 0.6 is 11.6 Å². The fourth-order valence-corrected chi connectivity index (χ4v) is 1.88. The van der Waals surface area contributed by atoms with Crippen molar-refractivity contribution in [2.75, 3.05) is 5.32 Å². The predicted octanol–water partition coefficient (Wildman–Crippen LogP) is 2.63. The summed E-state index contributed by atoms with van der Waals surface area (Å²) in [7, 11) is 0. The van der Waals surface area contributed by atoms with Crippen molar-refractivity contribution in [3.63, 3.8) is 0 Å². The minimum Gasteiger partial charge on any atom is -0.320 e. The highest BCUT2D eigenvalue weighted by Gasteiger charge is 2.13. The van der Waals surface area contributed by atoms with Crippen LogP contribution in [0.25, 0.3) is 0 Å². The van der Waals surface area contributed by atoms with Crippen LogP contribution in [0.4, 0.5) is 5.82 Å². The van der Waals surface area contributed by atoms with Gasteiger partial charge in [-0.25, -0.2) is 4.98 Å². The monoisotopic (exact) mass is 289 g/mol. The summed E-state index contributed by atoms with van der Waals surface area (Å²) in [6.45, 7) is 0. The second-order valence-corrected chi connectivity index (χ2v) is 4.92. The molecule has 5 heteroatoms. The molecule has 1 aromatic heterocycles. The minimum atomic E-state index is -0.562. The Morgan fingerprint density at radius 1 is 1.25 bits per heavy atom. The fourth-order valence-electron chi connectivity index (χ4n) is 1.77. The number of nitrogens with one attached hydrogen (secondary N) is 1. The van der Waals surface area contributed by atoms with E-state index in [0.29, 0.717) is 17.3 Å². The topological polar surface area (TPSA) is 68.0 Å². The second kappa shape index (κ2) is 7.03. The largest absolute Gasteiger partial charge is 0.320 e. The molecule has 2 rings (SSSR count). The number of aromatic nitrogens is 1. The number of hydrogen-bond acceptors (Lipinski definition) is 3. The molecule has 0 fully saturated rings. The molecule has 4 nitrogen and oxygen atoms in total. The highest BCUT2D eigenvalue weighted by atomic mass is 35.5. The van der Waals surface area contributed by atoms with Crippen molar-refractivity contribution in [2.45, 2.75) is 18.9 Å². The van der Waals surface area contributed by atoms with Gasteiger partial charge >= 0.3 is 0 Å². The van der Waals surface area contributed by atoms with Gasteiger partial charge in [-0.3, -0.25) is 4.79 Å². The molecule has 1 amide bonds. The van der Waals surface area contributed by atoms with E-state index in [-0.39, 0.29) is 5.91 Å². The van der Waals surface area contributed by atoms with Crippen molar-refractivity contribution in [3.8, 4) is 0 Å². The molecule has 0 saturated heterocycles. The smallest absolute Gasteiger partial charge is 0.242 e. The van der Waals surface area contributed by atoms with Gasteiger partial charge in [-0.05, 0) is 30.5 Å². The number of rotatable bonds is 5.